The predicted octanol–water partition coefficient (Wildman–Crippen LogP) is 9.54. The Balaban J connectivity index is 1.71. The van der Waals surface area contributed by atoms with Crippen LogP contribution in [0.3, 0.4) is 0 Å². The van der Waals surface area contributed by atoms with E-state index < -0.39 is 41.5 Å². The topological polar surface area (TPSA) is 119 Å². The number of halogens is 2. The van der Waals surface area contributed by atoms with Crippen molar-refractivity contribution in [2.75, 3.05) is 6.61 Å². The van der Waals surface area contributed by atoms with Crippen molar-refractivity contribution in [1.29, 1.82) is 0 Å². The molecule has 1 amide bonds. The lowest BCUT2D eigenvalue weighted by Crippen LogP contribution is -2.40. The minimum Gasteiger partial charge on any atom is -0.480 e. The Morgan fingerprint density at radius 2 is 1.37 bits per heavy atom. The van der Waals surface area contributed by atoms with E-state index in [4.69, 9.17) is 9.47 Å². The van der Waals surface area contributed by atoms with Crippen LogP contribution in [0.15, 0.2) is 109 Å². The van der Waals surface area contributed by atoms with Gasteiger partial charge < -0.3 is 19.9 Å². The summed E-state index contributed by atoms with van der Waals surface area (Å²) < 4.78 is 38.1. The molecule has 0 aliphatic carbocycles. The SMILES string of the molecule is CC/C=C\C/C=C\C/C=C\C/C=C\C/C=C\C/C=C\CCC(=O)NC(CCCOC(=O)c1cc(-c2ccc(F)cc2F)ccc1OC(C)=O)C(=O)O. The van der Waals surface area contributed by atoms with Crippen LogP contribution in [-0.4, -0.2) is 41.6 Å². The van der Waals surface area contributed by atoms with Gasteiger partial charge in [0.2, 0.25) is 5.91 Å². The van der Waals surface area contributed by atoms with Crippen LogP contribution in [0.25, 0.3) is 11.1 Å². The monoisotopic (exact) mass is 717 g/mol. The Kier molecular flexibility index (Phi) is 21.0. The van der Waals surface area contributed by atoms with E-state index in [1.165, 1.54) is 24.3 Å². The average Bonchev–Trinajstić information content (AvgIpc) is 3.10. The van der Waals surface area contributed by atoms with Crippen LogP contribution in [0.1, 0.15) is 88.4 Å². The van der Waals surface area contributed by atoms with Gasteiger partial charge in [0.05, 0.1) is 6.61 Å². The lowest BCUT2D eigenvalue weighted by molar-refractivity contribution is -0.142. The molecule has 8 nitrogen and oxygen atoms in total. The van der Waals surface area contributed by atoms with E-state index in [0.717, 1.165) is 51.5 Å². The molecule has 2 aromatic rings. The first kappa shape index (κ1) is 42.8. The summed E-state index contributed by atoms with van der Waals surface area (Å²) >= 11 is 0. The Morgan fingerprint density at radius 1 is 0.788 bits per heavy atom. The molecule has 278 valence electrons. The molecule has 0 saturated carbocycles. The zero-order valence-corrected chi connectivity index (χ0v) is 29.9. The first-order chi connectivity index (χ1) is 25.1. The van der Waals surface area contributed by atoms with Crippen LogP contribution >= 0.6 is 0 Å². The number of carbonyl (C=O) groups excluding carboxylic acids is 3. The van der Waals surface area contributed by atoms with Crippen LogP contribution in [0, 0.1) is 11.6 Å². The van der Waals surface area contributed by atoms with Crippen molar-refractivity contribution in [3.05, 3.63) is 127 Å². The highest BCUT2D eigenvalue weighted by molar-refractivity contribution is 5.95. The highest BCUT2D eigenvalue weighted by Gasteiger charge is 2.21. The number of carboxylic acid groups (broad SMARTS) is 1. The normalized spacial score (nSPS) is 12.5. The molecule has 0 heterocycles. The predicted molar refractivity (Wildman–Crippen MR) is 200 cm³/mol. The minimum atomic E-state index is -1.22. The molecular weight excluding hydrogens is 668 g/mol. The van der Waals surface area contributed by atoms with Gasteiger partial charge in [0, 0.05) is 25.0 Å². The van der Waals surface area contributed by atoms with E-state index in [9.17, 15) is 33.1 Å². The summed E-state index contributed by atoms with van der Waals surface area (Å²) in [6, 6.07) is 5.77. The van der Waals surface area contributed by atoms with Crippen molar-refractivity contribution in [1.82, 2.24) is 5.32 Å². The van der Waals surface area contributed by atoms with Crippen molar-refractivity contribution >= 4 is 23.8 Å². The highest BCUT2D eigenvalue weighted by Crippen LogP contribution is 2.30. The molecule has 0 aliphatic rings. The van der Waals surface area contributed by atoms with Crippen molar-refractivity contribution < 1.29 is 42.5 Å². The molecule has 0 aromatic heterocycles. The molecule has 0 aliphatic heterocycles. The Labute approximate surface area is 305 Å². The molecule has 0 spiro atoms. The van der Waals surface area contributed by atoms with Crippen molar-refractivity contribution in [2.24, 2.45) is 0 Å². The minimum absolute atomic E-state index is 0.00804. The molecule has 0 fully saturated rings. The number of amides is 1. The number of carbonyl (C=O) groups is 4. The van der Waals surface area contributed by atoms with Crippen molar-refractivity contribution in [2.45, 2.75) is 84.1 Å². The molecule has 0 radical (unpaired) electrons. The van der Waals surface area contributed by atoms with Crippen molar-refractivity contribution in [3.8, 4) is 16.9 Å². The Hall–Kier alpha value is -5.38. The van der Waals surface area contributed by atoms with E-state index in [1.807, 2.05) is 18.2 Å². The van der Waals surface area contributed by atoms with Crippen molar-refractivity contribution in [3.63, 3.8) is 0 Å². The Morgan fingerprint density at radius 3 is 1.90 bits per heavy atom. The maximum absolute atomic E-state index is 14.4. The van der Waals surface area contributed by atoms with Gasteiger partial charge in [-0.25, -0.2) is 18.4 Å². The van der Waals surface area contributed by atoms with Crippen LogP contribution in [-0.2, 0) is 19.1 Å². The fraction of sp³-hybridized carbons (Fsp3) is 0.333. The van der Waals surface area contributed by atoms with Gasteiger partial charge >= 0.3 is 17.9 Å². The van der Waals surface area contributed by atoms with Gasteiger partial charge in [-0.15, -0.1) is 0 Å². The van der Waals surface area contributed by atoms with Crippen LogP contribution in [0.5, 0.6) is 5.75 Å². The zero-order chi connectivity index (χ0) is 38.0. The summed E-state index contributed by atoms with van der Waals surface area (Å²) in [7, 11) is 0. The number of hydrogen-bond acceptors (Lipinski definition) is 6. The largest absolute Gasteiger partial charge is 0.480 e. The third-order valence-electron chi connectivity index (χ3n) is 7.33. The summed E-state index contributed by atoms with van der Waals surface area (Å²) in [6.07, 6.45) is 31.3. The molecule has 1 unspecified atom stereocenters. The van der Waals surface area contributed by atoms with E-state index in [-0.39, 0.29) is 48.3 Å². The van der Waals surface area contributed by atoms with Gasteiger partial charge in [0.25, 0.3) is 0 Å². The number of esters is 2. The smallest absolute Gasteiger partial charge is 0.341 e. The summed E-state index contributed by atoms with van der Waals surface area (Å²) in [5.74, 6) is -4.97. The van der Waals surface area contributed by atoms with Gasteiger partial charge in [-0.05, 0) is 87.6 Å². The molecule has 2 rings (SSSR count). The second-order valence-corrected chi connectivity index (χ2v) is 11.6. The fourth-order valence-corrected chi connectivity index (χ4v) is 4.73. The number of allylic oxidation sites excluding steroid dienone is 12. The third-order valence-corrected chi connectivity index (χ3v) is 7.33. The van der Waals surface area contributed by atoms with E-state index in [0.29, 0.717) is 12.5 Å². The standard InChI is InChI=1S/C42H49F2NO7/c1-3-4-5-6-7-8-9-10-11-12-13-14-15-16-17-18-19-20-21-24-40(47)45-38(41(48)49)23-22-29-51-42(50)36-30-33(25-28-39(36)52-32(2)46)35-27-26-34(43)31-37(35)44/h4-5,7-8,10-11,13-14,16-17,19-20,25-28,30-31,38H,3,6,9,12,15,18,21-24,29H2,1-2H3,(H,45,47)(H,48,49)/b5-4-,8-7-,11-10-,14-13-,17-16-,20-19-. The second-order valence-electron chi connectivity index (χ2n) is 11.6. The molecule has 10 heteroatoms. The lowest BCUT2D eigenvalue weighted by atomic mass is 10.0. The summed E-state index contributed by atoms with van der Waals surface area (Å²) in [4.78, 5) is 48.6. The first-order valence-corrected chi connectivity index (χ1v) is 17.5. The molecule has 2 N–H and O–H groups in total. The lowest BCUT2D eigenvalue weighted by Gasteiger charge is -2.15. The first-order valence-electron chi connectivity index (χ1n) is 17.5. The number of hydrogen-bond donors (Lipinski definition) is 2. The Bertz CT molecular complexity index is 1640. The molecule has 0 saturated heterocycles. The second kappa shape index (κ2) is 25.6. The van der Waals surface area contributed by atoms with Gasteiger partial charge in [-0.3, -0.25) is 9.59 Å². The zero-order valence-electron chi connectivity index (χ0n) is 29.9. The fourth-order valence-electron chi connectivity index (χ4n) is 4.73. The summed E-state index contributed by atoms with van der Waals surface area (Å²) in [5, 5.41) is 12.1. The molecule has 2 aromatic carbocycles. The number of ether oxygens (including phenoxy) is 2. The average molecular weight is 718 g/mol. The van der Waals surface area contributed by atoms with Crippen LogP contribution in [0.4, 0.5) is 8.78 Å². The van der Waals surface area contributed by atoms with E-state index >= 15 is 0 Å². The molecular formula is C42H49F2NO7. The van der Waals surface area contributed by atoms with Gasteiger partial charge in [-0.2, -0.15) is 0 Å². The maximum atomic E-state index is 14.4. The number of carboxylic acids is 1. The maximum Gasteiger partial charge on any atom is 0.341 e. The number of nitrogens with one attached hydrogen (secondary N) is 1. The highest BCUT2D eigenvalue weighted by atomic mass is 19.1. The summed E-state index contributed by atoms with van der Waals surface area (Å²) in [6.45, 7) is 3.07. The quantitative estimate of drug-likeness (QED) is 0.0509. The van der Waals surface area contributed by atoms with E-state index in [1.54, 1.807) is 0 Å². The van der Waals surface area contributed by atoms with Gasteiger partial charge in [0.15, 0.2) is 0 Å². The summed E-state index contributed by atoms with van der Waals surface area (Å²) in [5.41, 5.74) is 0.0672. The molecule has 1 atom stereocenters. The van der Waals surface area contributed by atoms with Crippen LogP contribution in [0.2, 0.25) is 0 Å². The van der Waals surface area contributed by atoms with Crippen LogP contribution < -0.4 is 10.1 Å². The number of benzene rings is 2. The molecule has 0 bridgehead atoms. The van der Waals surface area contributed by atoms with Gasteiger partial charge in [0.1, 0.15) is 29.0 Å². The number of aliphatic carboxylic acids is 1. The van der Waals surface area contributed by atoms with E-state index in [2.05, 4.69) is 66.9 Å². The molecule has 52 heavy (non-hydrogen) atoms. The number of rotatable bonds is 23. The third kappa shape index (κ3) is 18.0. The van der Waals surface area contributed by atoms with Gasteiger partial charge in [-0.1, -0.05) is 85.9 Å².